The van der Waals surface area contributed by atoms with Crippen molar-refractivity contribution in [1.29, 1.82) is 0 Å². The van der Waals surface area contributed by atoms with Crippen molar-refractivity contribution >= 4 is 23.8 Å². The van der Waals surface area contributed by atoms with E-state index in [2.05, 4.69) is 64.9 Å². The first-order chi connectivity index (χ1) is 32.7. The van der Waals surface area contributed by atoms with Gasteiger partial charge in [0.2, 0.25) is 11.8 Å². The van der Waals surface area contributed by atoms with Crippen LogP contribution in [0.1, 0.15) is 84.2 Å². The minimum Gasteiger partial charge on any atom is -0.465 e. The summed E-state index contributed by atoms with van der Waals surface area (Å²) in [5, 5.41) is 5.85. The number of unbranched alkanes of at least 4 members (excludes halogenated alkanes) is 1. The SMILES string of the molecule is CCCCNC(=O)C(CC(=O)OCC1c2ccccc2-c2ccccc21)Cc1cccc(F)c1.[NH3+]CCCNC(=O)C(CC(=O)OCC1c2ccccc2-c2ccccc21)Cc1ccccc1. The van der Waals surface area contributed by atoms with Crippen molar-refractivity contribution in [3.8, 4) is 22.3 Å². The van der Waals surface area contributed by atoms with Gasteiger partial charge in [-0.3, -0.25) is 19.2 Å². The average molecular weight is 903 g/mol. The van der Waals surface area contributed by atoms with Crippen LogP contribution in [0.2, 0.25) is 0 Å². The standard InChI is InChI=1S/C29H30FNO3.C28H30N2O3/c1-2-3-15-31-29(33)21(16-20-9-8-10-22(30)17-20)18-28(32)34-19-27-25-13-6-4-11-23(25)24-12-5-7-14-26(24)27;29-15-8-16-30-28(32)21(17-20-9-2-1-3-10-20)18-27(31)33-19-26-24-13-6-4-11-22(24)23-12-5-7-14-25(23)26/h4-14,17,21,27H,2-3,15-16,18-19H2,1H3,(H,31,33);1-7,9-14,21,26H,8,15-19,29H2,(H,30,32)/p+1. The Bertz CT molecular complexity index is 2530. The summed E-state index contributed by atoms with van der Waals surface area (Å²) in [6.45, 7) is 4.42. The molecule has 0 aromatic heterocycles. The first kappa shape index (κ1) is 48.0. The summed E-state index contributed by atoms with van der Waals surface area (Å²) in [5.74, 6) is -2.53. The van der Waals surface area contributed by atoms with E-state index in [4.69, 9.17) is 9.47 Å². The second kappa shape index (κ2) is 24.0. The van der Waals surface area contributed by atoms with Crippen LogP contribution >= 0.6 is 0 Å². The van der Waals surface area contributed by atoms with Crippen molar-refractivity contribution in [2.75, 3.05) is 32.8 Å². The van der Waals surface area contributed by atoms with Crippen LogP contribution in [0, 0.1) is 17.7 Å². The maximum Gasteiger partial charge on any atom is 0.306 e. The predicted octanol–water partition coefficient (Wildman–Crippen LogP) is 8.99. The number of quaternary nitrogens is 1. The van der Waals surface area contributed by atoms with E-state index in [0.717, 1.165) is 42.5 Å². The van der Waals surface area contributed by atoms with E-state index in [1.807, 2.05) is 85.8 Å². The van der Waals surface area contributed by atoms with Crippen molar-refractivity contribution in [2.24, 2.45) is 11.8 Å². The molecule has 2 unspecified atom stereocenters. The third-order valence-electron chi connectivity index (χ3n) is 12.6. The number of carbonyl (C=O) groups is 4. The summed E-state index contributed by atoms with van der Waals surface area (Å²) in [7, 11) is 0. The second-order valence-electron chi connectivity index (χ2n) is 17.3. The average Bonchev–Trinajstić information content (AvgIpc) is 3.85. The van der Waals surface area contributed by atoms with E-state index in [0.29, 0.717) is 25.1 Å². The highest BCUT2D eigenvalue weighted by Gasteiger charge is 2.32. The van der Waals surface area contributed by atoms with E-state index in [9.17, 15) is 23.6 Å². The Kier molecular flexibility index (Phi) is 17.2. The molecule has 2 aliphatic carbocycles. The number of fused-ring (bicyclic) bond motifs is 6. The van der Waals surface area contributed by atoms with Crippen LogP contribution in [-0.2, 0) is 41.5 Å². The molecule has 2 amide bonds. The van der Waals surface area contributed by atoms with Crippen LogP contribution in [0.4, 0.5) is 4.39 Å². The van der Waals surface area contributed by atoms with E-state index in [-0.39, 0.29) is 67.9 Å². The summed E-state index contributed by atoms with van der Waals surface area (Å²) in [6, 6.07) is 48.8. The molecule has 0 aliphatic heterocycles. The van der Waals surface area contributed by atoms with Crippen LogP contribution in [0.25, 0.3) is 22.3 Å². The van der Waals surface area contributed by atoms with Gasteiger partial charge >= 0.3 is 11.9 Å². The lowest BCUT2D eigenvalue weighted by atomic mass is 9.95. The molecular weight excluding hydrogens is 842 g/mol. The van der Waals surface area contributed by atoms with Gasteiger partial charge in [0, 0.05) is 31.3 Å². The second-order valence-corrected chi connectivity index (χ2v) is 17.3. The number of hydrogen-bond acceptors (Lipinski definition) is 6. The molecule has 0 saturated heterocycles. The number of hydrogen-bond donors (Lipinski definition) is 3. The fraction of sp³-hybridized carbons (Fsp3) is 0.298. The quantitative estimate of drug-likeness (QED) is 0.0517. The lowest BCUT2D eigenvalue weighted by Gasteiger charge is -2.18. The first-order valence-corrected chi connectivity index (χ1v) is 23.5. The predicted molar refractivity (Wildman–Crippen MR) is 259 cm³/mol. The summed E-state index contributed by atoms with van der Waals surface area (Å²) >= 11 is 0. The highest BCUT2D eigenvalue weighted by atomic mass is 19.1. The molecule has 6 aromatic rings. The Hall–Kier alpha value is -6.91. The topological polar surface area (TPSA) is 138 Å². The molecule has 0 heterocycles. The lowest BCUT2D eigenvalue weighted by Crippen LogP contribution is -2.51. The van der Waals surface area contributed by atoms with Crippen LogP contribution < -0.4 is 16.4 Å². The molecule has 10 heteroatoms. The van der Waals surface area contributed by atoms with E-state index >= 15 is 0 Å². The van der Waals surface area contributed by atoms with Crippen LogP contribution in [0.5, 0.6) is 0 Å². The third-order valence-corrected chi connectivity index (χ3v) is 12.6. The zero-order valence-corrected chi connectivity index (χ0v) is 38.3. The van der Waals surface area contributed by atoms with E-state index < -0.39 is 17.8 Å². The van der Waals surface area contributed by atoms with Crippen molar-refractivity contribution in [2.45, 2.75) is 63.7 Å². The molecule has 5 N–H and O–H groups in total. The van der Waals surface area contributed by atoms with Gasteiger partial charge in [-0.15, -0.1) is 0 Å². The normalized spacial score (nSPS) is 13.1. The van der Waals surface area contributed by atoms with Gasteiger partial charge in [0.15, 0.2) is 0 Å². The highest BCUT2D eigenvalue weighted by Crippen LogP contribution is 2.46. The van der Waals surface area contributed by atoms with Gasteiger partial charge in [0.05, 0.1) is 31.2 Å². The molecule has 8 rings (SSSR count). The Morgan fingerprint density at radius 1 is 0.537 bits per heavy atom. The van der Waals surface area contributed by atoms with Crippen molar-refractivity contribution in [3.05, 3.63) is 191 Å². The van der Waals surface area contributed by atoms with Crippen LogP contribution in [0.15, 0.2) is 152 Å². The smallest absolute Gasteiger partial charge is 0.306 e. The summed E-state index contributed by atoms with van der Waals surface area (Å²) in [4.78, 5) is 51.3. The molecule has 2 atom stereocenters. The Balaban J connectivity index is 0.000000199. The third kappa shape index (κ3) is 12.7. The van der Waals surface area contributed by atoms with Gasteiger partial charge in [-0.1, -0.05) is 153 Å². The zero-order valence-electron chi connectivity index (χ0n) is 38.3. The van der Waals surface area contributed by atoms with Crippen LogP contribution in [-0.4, -0.2) is 56.6 Å². The Morgan fingerprint density at radius 3 is 1.37 bits per heavy atom. The molecule has 346 valence electrons. The fourth-order valence-corrected chi connectivity index (χ4v) is 9.13. The highest BCUT2D eigenvalue weighted by molar-refractivity contribution is 5.85. The number of ether oxygens (including phenoxy) is 2. The van der Waals surface area contributed by atoms with Crippen molar-refractivity contribution in [1.82, 2.24) is 10.6 Å². The lowest BCUT2D eigenvalue weighted by molar-refractivity contribution is -0.367. The van der Waals surface area contributed by atoms with Crippen LogP contribution in [0.3, 0.4) is 0 Å². The van der Waals surface area contributed by atoms with Crippen molar-refractivity contribution < 1.29 is 38.8 Å². The maximum absolute atomic E-state index is 13.7. The minimum atomic E-state index is -0.616. The van der Waals surface area contributed by atoms with Crippen molar-refractivity contribution in [3.63, 3.8) is 0 Å². The number of esters is 2. The molecule has 0 saturated carbocycles. The molecule has 0 spiro atoms. The van der Waals surface area contributed by atoms with Gasteiger partial charge in [-0.25, -0.2) is 4.39 Å². The Morgan fingerprint density at radius 2 is 0.940 bits per heavy atom. The van der Waals surface area contributed by atoms with E-state index in [1.54, 1.807) is 12.1 Å². The largest absolute Gasteiger partial charge is 0.465 e. The van der Waals surface area contributed by atoms with E-state index in [1.165, 1.54) is 45.5 Å². The number of amides is 2. The van der Waals surface area contributed by atoms with Gasteiger partial charge < -0.3 is 25.8 Å². The number of benzene rings is 6. The Labute approximate surface area is 393 Å². The fourth-order valence-electron chi connectivity index (χ4n) is 9.13. The summed E-state index contributed by atoms with van der Waals surface area (Å²) in [6.07, 6.45) is 3.42. The van der Waals surface area contributed by atoms with Gasteiger partial charge in [-0.05, 0) is 87.0 Å². The summed E-state index contributed by atoms with van der Waals surface area (Å²) in [5.41, 5.74) is 14.9. The number of nitrogens with one attached hydrogen (secondary N) is 2. The molecule has 0 bridgehead atoms. The monoisotopic (exact) mass is 902 g/mol. The first-order valence-electron chi connectivity index (χ1n) is 23.5. The molecule has 6 aromatic carbocycles. The number of carbonyl (C=O) groups excluding carboxylic acids is 4. The molecular formula is C57H61FN3O6+. The zero-order chi connectivity index (χ0) is 47.0. The molecule has 67 heavy (non-hydrogen) atoms. The molecule has 2 aliphatic rings. The number of halogens is 1. The molecule has 0 radical (unpaired) electrons. The van der Waals surface area contributed by atoms with Gasteiger partial charge in [0.1, 0.15) is 19.0 Å². The van der Waals surface area contributed by atoms with Gasteiger partial charge in [-0.2, -0.15) is 0 Å². The summed E-state index contributed by atoms with van der Waals surface area (Å²) < 4.78 is 25.1. The molecule has 0 fully saturated rings. The number of rotatable bonds is 20. The maximum atomic E-state index is 13.7. The molecule has 9 nitrogen and oxygen atoms in total. The van der Waals surface area contributed by atoms with Gasteiger partial charge in [0.25, 0.3) is 0 Å². The minimum absolute atomic E-state index is 0.0137.